The average molecular weight is 132 g/mol. The molecular weight excluding hydrogens is 124 g/mol. The second kappa shape index (κ2) is 3.99. The lowest BCUT2D eigenvalue weighted by Crippen LogP contribution is -2.25. The van der Waals surface area contributed by atoms with Crippen LogP contribution in [0.2, 0.25) is 0 Å². The lowest BCUT2D eigenvalue weighted by molar-refractivity contribution is -0.296. The molecule has 0 atom stereocenters. The molecule has 0 bridgehead atoms. The summed E-state index contributed by atoms with van der Waals surface area (Å²) in [7, 11) is 2.57. The van der Waals surface area contributed by atoms with Crippen molar-refractivity contribution in [3.05, 3.63) is 0 Å². The van der Waals surface area contributed by atoms with Crippen LogP contribution in [0.15, 0.2) is 4.99 Å². The average Bonchev–Trinajstić information content (AvgIpc) is 1.90. The van der Waals surface area contributed by atoms with Crippen molar-refractivity contribution in [1.29, 1.82) is 0 Å². The first-order chi connectivity index (χ1) is 4.26. The van der Waals surface area contributed by atoms with Crippen LogP contribution in [0.5, 0.6) is 0 Å². The highest BCUT2D eigenvalue weighted by molar-refractivity contribution is 5.76. The van der Waals surface area contributed by atoms with E-state index in [9.17, 15) is 4.79 Å². The molecule has 0 aliphatic carbocycles. The van der Waals surface area contributed by atoms with Crippen molar-refractivity contribution in [2.45, 2.75) is 0 Å². The Morgan fingerprint density at radius 2 is 2.00 bits per heavy atom. The van der Waals surface area contributed by atoms with Crippen molar-refractivity contribution in [3.8, 4) is 0 Å². The van der Waals surface area contributed by atoms with Crippen LogP contribution in [0.1, 0.15) is 0 Å². The van der Waals surface area contributed by atoms with Gasteiger partial charge in [0.05, 0.1) is 14.2 Å². The van der Waals surface area contributed by atoms with Crippen LogP contribution in [0, 0.1) is 0 Å². The number of hydrogen-bond donors (Lipinski definition) is 0. The minimum absolute atomic E-state index is 0.604. The largest absolute Gasteiger partial charge is 0.392 e. The molecule has 0 saturated heterocycles. The van der Waals surface area contributed by atoms with E-state index in [0.717, 1.165) is 0 Å². The molecule has 5 heteroatoms. The Kier molecular flexibility index (Phi) is 3.57. The zero-order valence-corrected chi connectivity index (χ0v) is 5.33. The van der Waals surface area contributed by atoms with Gasteiger partial charge in [0.25, 0.3) is 0 Å². The first-order valence-corrected chi connectivity index (χ1v) is 2.15. The standard InChI is InChI=1S/C4H8N2O3/c1-5-4(7)6(8-2)9-3/h1H2,2-3H3. The second-order valence-electron chi connectivity index (χ2n) is 1.06. The fourth-order valence-electron chi connectivity index (χ4n) is 0.288. The Morgan fingerprint density at radius 1 is 1.56 bits per heavy atom. The monoisotopic (exact) mass is 132 g/mol. The van der Waals surface area contributed by atoms with E-state index < -0.39 is 6.03 Å². The van der Waals surface area contributed by atoms with E-state index in [1.807, 2.05) is 0 Å². The minimum Gasteiger partial charge on any atom is -0.248 e. The maximum absolute atomic E-state index is 10.4. The maximum atomic E-state index is 10.4. The molecule has 0 unspecified atom stereocenters. The molecule has 0 N–H and O–H groups in total. The van der Waals surface area contributed by atoms with Crippen LogP contribution in [-0.2, 0) is 9.68 Å². The fraction of sp³-hybridized carbons (Fsp3) is 0.500. The van der Waals surface area contributed by atoms with Gasteiger partial charge in [-0.05, 0) is 6.72 Å². The molecule has 5 nitrogen and oxygen atoms in total. The molecular formula is C4H8N2O3. The van der Waals surface area contributed by atoms with Crippen LogP contribution in [0.25, 0.3) is 0 Å². The third-order valence-corrected chi connectivity index (χ3v) is 0.623. The number of carbonyl (C=O) groups is 1. The molecule has 0 aromatic carbocycles. The summed E-state index contributed by atoms with van der Waals surface area (Å²) in [6.07, 6.45) is 0. The first-order valence-electron chi connectivity index (χ1n) is 2.15. The summed E-state index contributed by atoms with van der Waals surface area (Å²) in [5.74, 6) is 0. The predicted molar refractivity (Wildman–Crippen MR) is 30.8 cm³/mol. The quantitative estimate of drug-likeness (QED) is 0.399. The Bertz CT molecular complexity index is 110. The molecule has 0 aliphatic heterocycles. The third-order valence-electron chi connectivity index (χ3n) is 0.623. The van der Waals surface area contributed by atoms with Crippen LogP contribution in [0.3, 0.4) is 0 Å². The normalized spacial score (nSPS) is 8.67. The van der Waals surface area contributed by atoms with Crippen molar-refractivity contribution in [3.63, 3.8) is 0 Å². The van der Waals surface area contributed by atoms with Crippen molar-refractivity contribution < 1.29 is 14.5 Å². The highest BCUT2D eigenvalue weighted by Gasteiger charge is 2.07. The van der Waals surface area contributed by atoms with Crippen molar-refractivity contribution in [1.82, 2.24) is 5.23 Å². The van der Waals surface area contributed by atoms with E-state index in [-0.39, 0.29) is 0 Å². The summed E-state index contributed by atoms with van der Waals surface area (Å²) in [4.78, 5) is 22.2. The van der Waals surface area contributed by atoms with Gasteiger partial charge in [-0.15, -0.1) is 0 Å². The highest BCUT2D eigenvalue weighted by atomic mass is 16.9. The van der Waals surface area contributed by atoms with E-state index in [4.69, 9.17) is 0 Å². The Labute approximate surface area is 52.8 Å². The SMILES string of the molecule is C=NC(=O)N(OC)OC. The molecule has 0 heterocycles. The molecule has 0 radical (unpaired) electrons. The summed E-state index contributed by atoms with van der Waals surface area (Å²) >= 11 is 0. The number of amides is 2. The molecule has 0 saturated carbocycles. The van der Waals surface area contributed by atoms with Crippen molar-refractivity contribution >= 4 is 12.7 Å². The number of rotatable bonds is 2. The van der Waals surface area contributed by atoms with E-state index in [1.165, 1.54) is 14.2 Å². The molecule has 0 fully saturated rings. The van der Waals surface area contributed by atoms with Gasteiger partial charge in [-0.3, -0.25) is 0 Å². The number of nitrogens with zero attached hydrogens (tertiary/aromatic N) is 2. The topological polar surface area (TPSA) is 51.1 Å². The van der Waals surface area contributed by atoms with Gasteiger partial charge in [-0.1, -0.05) is 5.23 Å². The molecule has 9 heavy (non-hydrogen) atoms. The minimum atomic E-state index is -0.681. The van der Waals surface area contributed by atoms with E-state index >= 15 is 0 Å². The van der Waals surface area contributed by atoms with Gasteiger partial charge in [0, 0.05) is 0 Å². The fourth-order valence-corrected chi connectivity index (χ4v) is 0.288. The van der Waals surface area contributed by atoms with Gasteiger partial charge in [0.2, 0.25) is 0 Å². The maximum Gasteiger partial charge on any atom is 0.392 e. The van der Waals surface area contributed by atoms with Gasteiger partial charge in [-0.2, -0.15) is 0 Å². The third kappa shape index (κ3) is 2.20. The van der Waals surface area contributed by atoms with E-state index in [2.05, 4.69) is 21.4 Å². The summed E-state index contributed by atoms with van der Waals surface area (Å²) < 4.78 is 0. The molecule has 0 rings (SSSR count). The molecule has 52 valence electrons. The zero-order chi connectivity index (χ0) is 7.28. The Morgan fingerprint density at radius 3 is 2.11 bits per heavy atom. The van der Waals surface area contributed by atoms with Gasteiger partial charge >= 0.3 is 6.03 Å². The number of aliphatic imine (C=N–C) groups is 1. The number of hydrogen-bond acceptors (Lipinski definition) is 3. The van der Waals surface area contributed by atoms with Gasteiger partial charge < -0.3 is 0 Å². The van der Waals surface area contributed by atoms with Gasteiger partial charge in [0.15, 0.2) is 0 Å². The van der Waals surface area contributed by atoms with Gasteiger partial charge in [0.1, 0.15) is 0 Å². The van der Waals surface area contributed by atoms with Crippen LogP contribution in [0.4, 0.5) is 4.79 Å². The summed E-state index contributed by atoms with van der Waals surface area (Å²) in [5.41, 5.74) is 0. The van der Waals surface area contributed by atoms with Crippen molar-refractivity contribution in [2.24, 2.45) is 4.99 Å². The van der Waals surface area contributed by atoms with Crippen LogP contribution in [-0.4, -0.2) is 32.2 Å². The summed E-state index contributed by atoms with van der Waals surface area (Å²) in [5, 5.41) is 0.604. The first kappa shape index (κ1) is 8.06. The molecule has 0 aromatic heterocycles. The summed E-state index contributed by atoms with van der Waals surface area (Å²) in [6, 6.07) is -0.681. The van der Waals surface area contributed by atoms with Crippen molar-refractivity contribution in [2.75, 3.05) is 14.2 Å². The molecule has 0 aliphatic rings. The Balaban J connectivity index is 3.78. The lowest BCUT2D eigenvalue weighted by Gasteiger charge is -2.11. The second-order valence-corrected chi connectivity index (χ2v) is 1.06. The number of urea groups is 1. The Hall–Kier alpha value is -0.940. The highest BCUT2D eigenvalue weighted by Crippen LogP contribution is 1.90. The predicted octanol–water partition coefficient (Wildman–Crippen LogP) is 0.232. The summed E-state index contributed by atoms with van der Waals surface area (Å²) in [6.45, 7) is 2.98. The smallest absolute Gasteiger partial charge is 0.248 e. The number of carbonyl (C=O) groups excluding carboxylic acids is 1. The molecule has 2 amide bonds. The molecule has 0 spiro atoms. The molecule has 0 aromatic rings. The van der Waals surface area contributed by atoms with E-state index in [1.54, 1.807) is 0 Å². The van der Waals surface area contributed by atoms with E-state index in [0.29, 0.717) is 5.23 Å². The van der Waals surface area contributed by atoms with Crippen LogP contribution >= 0.6 is 0 Å². The van der Waals surface area contributed by atoms with Gasteiger partial charge in [-0.25, -0.2) is 19.5 Å². The van der Waals surface area contributed by atoms with Crippen LogP contribution < -0.4 is 0 Å². The number of hydroxylamine groups is 2. The lowest BCUT2D eigenvalue weighted by atomic mass is 11.1. The zero-order valence-electron chi connectivity index (χ0n) is 5.33.